The fourth-order valence-electron chi connectivity index (χ4n) is 6.73. The van der Waals surface area contributed by atoms with Gasteiger partial charge in [-0.15, -0.1) is 11.3 Å². The molecule has 51 heavy (non-hydrogen) atoms. The van der Waals surface area contributed by atoms with Crippen molar-refractivity contribution < 1.29 is 26.4 Å². The molecular formula is C37H43N5O6S3. The van der Waals surface area contributed by atoms with Crippen LogP contribution in [0.25, 0.3) is 11.3 Å². The van der Waals surface area contributed by atoms with E-state index in [0.29, 0.717) is 27.6 Å². The Morgan fingerprint density at radius 1 is 0.627 bits per heavy atom. The molecule has 0 saturated heterocycles. The number of carbonyl (C=O) groups excluding carboxylic acids is 2. The van der Waals surface area contributed by atoms with E-state index in [1.165, 1.54) is 68.5 Å². The number of hydrogen-bond acceptors (Lipinski definition) is 8. The maximum Gasteiger partial charge on any atom is 0.257 e. The van der Waals surface area contributed by atoms with Crippen LogP contribution >= 0.6 is 11.3 Å². The predicted molar refractivity (Wildman–Crippen MR) is 200 cm³/mol. The van der Waals surface area contributed by atoms with E-state index in [2.05, 4.69) is 15.6 Å². The summed E-state index contributed by atoms with van der Waals surface area (Å²) in [4.78, 5) is 30.7. The molecule has 4 aromatic rings. The highest BCUT2D eigenvalue weighted by Crippen LogP contribution is 2.30. The van der Waals surface area contributed by atoms with Crippen molar-refractivity contribution in [2.45, 2.75) is 86.1 Å². The molecule has 2 aliphatic rings. The van der Waals surface area contributed by atoms with Crippen LogP contribution in [0, 0.1) is 0 Å². The molecule has 2 fully saturated rings. The van der Waals surface area contributed by atoms with Crippen LogP contribution in [0.15, 0.2) is 88.0 Å². The minimum Gasteiger partial charge on any atom is -0.322 e. The van der Waals surface area contributed by atoms with Gasteiger partial charge in [-0.2, -0.15) is 8.61 Å². The third-order valence-electron chi connectivity index (χ3n) is 9.93. The molecule has 0 bridgehead atoms. The second-order valence-corrected chi connectivity index (χ2v) is 18.1. The molecule has 1 aromatic heterocycles. The van der Waals surface area contributed by atoms with Crippen molar-refractivity contribution in [2.24, 2.45) is 0 Å². The summed E-state index contributed by atoms with van der Waals surface area (Å²) < 4.78 is 55.6. The molecule has 0 spiro atoms. The monoisotopic (exact) mass is 749 g/mol. The Balaban J connectivity index is 1.03. The smallest absolute Gasteiger partial charge is 0.257 e. The molecule has 3 aromatic carbocycles. The van der Waals surface area contributed by atoms with Gasteiger partial charge in [0.2, 0.25) is 20.0 Å². The summed E-state index contributed by atoms with van der Waals surface area (Å²) in [5.74, 6) is -0.770. The van der Waals surface area contributed by atoms with Crippen LogP contribution in [-0.4, -0.2) is 68.4 Å². The lowest BCUT2D eigenvalue weighted by molar-refractivity contribution is 0.101. The number of sulfonamides is 2. The van der Waals surface area contributed by atoms with E-state index in [1.807, 2.05) is 0 Å². The summed E-state index contributed by atoms with van der Waals surface area (Å²) >= 11 is 1.26. The highest BCUT2D eigenvalue weighted by molar-refractivity contribution is 7.89. The SMILES string of the molecule is CN(C1CCCCC1)S(=O)(=O)c1ccc(C(=O)Nc2ccc(-c3csc(NC(=O)c4ccc(S(=O)(=O)N(C)C5CCCCC5)cc4)n3)cc2)cc1. The van der Waals surface area contributed by atoms with E-state index in [9.17, 15) is 26.4 Å². The number of anilines is 2. The summed E-state index contributed by atoms with van der Waals surface area (Å²) in [5.41, 5.74) is 2.61. The van der Waals surface area contributed by atoms with E-state index in [1.54, 1.807) is 43.7 Å². The molecular weight excluding hydrogens is 707 g/mol. The van der Waals surface area contributed by atoms with Crippen LogP contribution in [0.1, 0.15) is 84.9 Å². The number of hydrogen-bond donors (Lipinski definition) is 2. The van der Waals surface area contributed by atoms with Gasteiger partial charge in [0.15, 0.2) is 5.13 Å². The van der Waals surface area contributed by atoms with E-state index in [0.717, 1.165) is 69.8 Å². The molecule has 0 unspecified atom stereocenters. The second kappa shape index (κ2) is 15.7. The number of benzene rings is 3. The molecule has 14 heteroatoms. The van der Waals surface area contributed by atoms with Crippen LogP contribution in [-0.2, 0) is 20.0 Å². The highest BCUT2D eigenvalue weighted by atomic mass is 32.2. The fourth-order valence-corrected chi connectivity index (χ4v) is 10.3. The average molecular weight is 750 g/mol. The Bertz CT molecular complexity index is 2050. The van der Waals surface area contributed by atoms with Crippen LogP contribution in [0.3, 0.4) is 0 Å². The maximum absolute atomic E-state index is 13.2. The lowest BCUT2D eigenvalue weighted by Crippen LogP contribution is -2.38. The van der Waals surface area contributed by atoms with Gasteiger partial charge in [0.05, 0.1) is 15.5 Å². The molecule has 0 radical (unpaired) electrons. The molecule has 2 N–H and O–H groups in total. The average Bonchev–Trinajstić information content (AvgIpc) is 3.63. The topological polar surface area (TPSA) is 146 Å². The Morgan fingerprint density at radius 2 is 1.06 bits per heavy atom. The Kier molecular flexibility index (Phi) is 11.4. The van der Waals surface area contributed by atoms with Gasteiger partial charge in [0, 0.05) is 53.9 Å². The van der Waals surface area contributed by atoms with Crippen LogP contribution in [0.5, 0.6) is 0 Å². The van der Waals surface area contributed by atoms with Gasteiger partial charge in [0.1, 0.15) is 0 Å². The normalized spacial score (nSPS) is 16.3. The van der Waals surface area contributed by atoms with E-state index < -0.39 is 26.0 Å². The predicted octanol–water partition coefficient (Wildman–Crippen LogP) is 7.22. The molecule has 270 valence electrons. The van der Waals surface area contributed by atoms with E-state index in [-0.39, 0.29) is 27.8 Å². The van der Waals surface area contributed by atoms with Gasteiger partial charge in [0.25, 0.3) is 11.8 Å². The number of nitrogens with zero attached hydrogens (tertiary/aromatic N) is 3. The first-order valence-electron chi connectivity index (χ1n) is 17.3. The molecule has 2 amide bonds. The Labute approximate surface area is 304 Å². The van der Waals surface area contributed by atoms with Crippen molar-refractivity contribution in [1.82, 2.24) is 13.6 Å². The first kappa shape index (κ1) is 36.8. The lowest BCUT2D eigenvalue weighted by atomic mass is 9.96. The van der Waals surface area contributed by atoms with Gasteiger partial charge >= 0.3 is 0 Å². The third-order valence-corrected chi connectivity index (χ3v) is 14.5. The molecule has 0 aliphatic heterocycles. The number of aromatic nitrogens is 1. The zero-order chi connectivity index (χ0) is 36.2. The summed E-state index contributed by atoms with van der Waals surface area (Å²) in [5, 5.41) is 7.82. The summed E-state index contributed by atoms with van der Waals surface area (Å²) in [6.45, 7) is 0. The molecule has 1 heterocycles. The van der Waals surface area contributed by atoms with Crippen LogP contribution < -0.4 is 10.6 Å². The number of amides is 2. The van der Waals surface area contributed by atoms with Crippen LogP contribution in [0.4, 0.5) is 10.8 Å². The minimum atomic E-state index is -3.66. The standard InChI is InChI=1S/C37H43N5O6S3/c1-41(30-9-5-3-6-10-30)50(45,46)32-21-15-27(16-22-32)35(43)38-29-19-13-26(14-20-29)34-25-49-37(39-34)40-36(44)28-17-23-33(24-18-28)51(47,48)42(2)31-11-7-4-8-12-31/h13-25,30-31H,3-12H2,1-2H3,(H,38,43)(H,39,40,44). The third kappa shape index (κ3) is 8.41. The molecule has 2 saturated carbocycles. The number of rotatable bonds is 11. The molecule has 2 aliphatic carbocycles. The van der Waals surface area contributed by atoms with Crippen molar-refractivity contribution in [2.75, 3.05) is 24.7 Å². The quantitative estimate of drug-likeness (QED) is 0.165. The maximum atomic E-state index is 13.2. The first-order valence-corrected chi connectivity index (χ1v) is 21.0. The number of thiazole rings is 1. The van der Waals surface area contributed by atoms with Gasteiger partial charge in [-0.25, -0.2) is 21.8 Å². The van der Waals surface area contributed by atoms with Crippen molar-refractivity contribution in [1.29, 1.82) is 0 Å². The zero-order valence-electron chi connectivity index (χ0n) is 28.7. The van der Waals surface area contributed by atoms with Crippen molar-refractivity contribution in [3.63, 3.8) is 0 Å². The second-order valence-electron chi connectivity index (χ2n) is 13.2. The summed E-state index contributed by atoms with van der Waals surface area (Å²) in [7, 11) is -4.05. The molecule has 0 atom stereocenters. The Morgan fingerprint density at radius 3 is 1.51 bits per heavy atom. The van der Waals surface area contributed by atoms with Crippen molar-refractivity contribution in [3.05, 3.63) is 89.3 Å². The van der Waals surface area contributed by atoms with E-state index >= 15 is 0 Å². The lowest BCUT2D eigenvalue weighted by Gasteiger charge is -2.30. The largest absolute Gasteiger partial charge is 0.322 e. The fraction of sp³-hybridized carbons (Fsp3) is 0.378. The molecule has 11 nitrogen and oxygen atoms in total. The van der Waals surface area contributed by atoms with Gasteiger partial charge in [-0.05, 0) is 86.3 Å². The first-order chi connectivity index (χ1) is 24.4. The number of nitrogens with one attached hydrogen (secondary N) is 2. The Hall–Kier alpha value is -3.95. The summed E-state index contributed by atoms with van der Waals surface area (Å²) in [6.07, 6.45) is 9.82. The van der Waals surface area contributed by atoms with E-state index in [4.69, 9.17) is 0 Å². The van der Waals surface area contributed by atoms with Gasteiger partial charge in [-0.1, -0.05) is 50.7 Å². The van der Waals surface area contributed by atoms with Gasteiger partial charge in [-0.3, -0.25) is 14.9 Å². The molecule has 6 rings (SSSR count). The number of carbonyl (C=O) groups is 2. The van der Waals surface area contributed by atoms with Crippen molar-refractivity contribution in [3.8, 4) is 11.3 Å². The van der Waals surface area contributed by atoms with Gasteiger partial charge < -0.3 is 5.32 Å². The zero-order valence-corrected chi connectivity index (χ0v) is 31.2. The summed E-state index contributed by atoms with van der Waals surface area (Å²) in [6, 6.07) is 19.0. The van der Waals surface area contributed by atoms with Crippen LogP contribution in [0.2, 0.25) is 0 Å². The highest BCUT2D eigenvalue weighted by Gasteiger charge is 2.30. The minimum absolute atomic E-state index is 0.000274. The van der Waals surface area contributed by atoms with Crippen molar-refractivity contribution >= 4 is 54.0 Å².